The van der Waals surface area contributed by atoms with E-state index in [2.05, 4.69) is 15.5 Å². The number of nitrogens with zero attached hydrogens (tertiary/aromatic N) is 3. The first-order valence-electron chi connectivity index (χ1n) is 5.62. The van der Waals surface area contributed by atoms with Crippen molar-refractivity contribution in [1.82, 2.24) is 20.4 Å². The van der Waals surface area contributed by atoms with Crippen LogP contribution >= 0.6 is 0 Å². The lowest BCUT2D eigenvalue weighted by molar-refractivity contribution is -0.130. The first kappa shape index (κ1) is 12.3. The van der Waals surface area contributed by atoms with Crippen molar-refractivity contribution in [2.24, 2.45) is 0 Å². The third kappa shape index (κ3) is 2.58. The van der Waals surface area contributed by atoms with Crippen LogP contribution in [0.25, 0.3) is 0 Å². The average Bonchev–Trinajstić information content (AvgIpc) is 2.94. The van der Waals surface area contributed by atoms with Gasteiger partial charge in [0.05, 0.1) is 0 Å². The molecule has 0 spiro atoms. The second-order valence-corrected chi connectivity index (χ2v) is 4.14. The Morgan fingerprint density at radius 1 is 1.61 bits per heavy atom. The molecule has 0 radical (unpaired) electrons. The van der Waals surface area contributed by atoms with Crippen molar-refractivity contribution in [1.29, 1.82) is 0 Å². The summed E-state index contributed by atoms with van der Waals surface area (Å²) in [6.07, 6.45) is -0.0633. The normalized spacial score (nSPS) is 15.1. The summed E-state index contributed by atoms with van der Waals surface area (Å²) in [5.41, 5.74) is 0. The SMILES string of the molecule is CC(C)c1noc(OCC(=O)N2CCNC2=O)n1. The van der Waals surface area contributed by atoms with Crippen LogP contribution in [0.3, 0.4) is 0 Å². The van der Waals surface area contributed by atoms with E-state index in [9.17, 15) is 9.59 Å². The number of carbonyl (C=O) groups excluding carboxylic acids is 2. The van der Waals surface area contributed by atoms with E-state index in [-0.39, 0.29) is 18.6 Å². The van der Waals surface area contributed by atoms with Gasteiger partial charge in [0.1, 0.15) is 0 Å². The molecule has 2 heterocycles. The Kier molecular flexibility index (Phi) is 3.45. The van der Waals surface area contributed by atoms with Gasteiger partial charge in [0.2, 0.25) is 0 Å². The zero-order chi connectivity index (χ0) is 13.1. The van der Waals surface area contributed by atoms with Gasteiger partial charge in [0, 0.05) is 19.0 Å². The Morgan fingerprint density at radius 3 is 2.94 bits per heavy atom. The van der Waals surface area contributed by atoms with E-state index in [4.69, 9.17) is 9.26 Å². The lowest BCUT2D eigenvalue weighted by atomic mass is 10.2. The Hall–Kier alpha value is -2.12. The minimum atomic E-state index is -0.436. The van der Waals surface area contributed by atoms with Crippen LogP contribution < -0.4 is 10.1 Å². The minimum Gasteiger partial charge on any atom is -0.439 e. The smallest absolute Gasteiger partial charge is 0.417 e. The van der Waals surface area contributed by atoms with Crippen molar-refractivity contribution >= 4 is 11.9 Å². The van der Waals surface area contributed by atoms with E-state index < -0.39 is 11.9 Å². The first-order valence-corrected chi connectivity index (χ1v) is 5.62. The Bertz CT molecular complexity index is 456. The summed E-state index contributed by atoms with van der Waals surface area (Å²) in [6, 6.07) is -0.406. The molecule has 8 nitrogen and oxygen atoms in total. The van der Waals surface area contributed by atoms with Crippen molar-refractivity contribution in [3.05, 3.63) is 5.82 Å². The average molecular weight is 254 g/mol. The third-order valence-corrected chi connectivity index (χ3v) is 2.42. The molecule has 1 fully saturated rings. The number of hydrogen-bond donors (Lipinski definition) is 1. The molecule has 18 heavy (non-hydrogen) atoms. The van der Waals surface area contributed by atoms with Crippen molar-refractivity contribution < 1.29 is 18.8 Å². The van der Waals surface area contributed by atoms with E-state index in [1.165, 1.54) is 0 Å². The number of urea groups is 1. The summed E-state index contributed by atoms with van der Waals surface area (Å²) < 4.78 is 9.86. The molecule has 0 bridgehead atoms. The van der Waals surface area contributed by atoms with Crippen LogP contribution in [0.15, 0.2) is 4.52 Å². The van der Waals surface area contributed by atoms with Crippen LogP contribution in [0.1, 0.15) is 25.6 Å². The summed E-state index contributed by atoms with van der Waals surface area (Å²) in [7, 11) is 0. The van der Waals surface area contributed by atoms with Gasteiger partial charge in [-0.1, -0.05) is 19.0 Å². The predicted molar refractivity (Wildman–Crippen MR) is 59.0 cm³/mol. The summed E-state index contributed by atoms with van der Waals surface area (Å²) in [4.78, 5) is 27.9. The first-order chi connectivity index (χ1) is 8.58. The zero-order valence-corrected chi connectivity index (χ0v) is 10.2. The number of ether oxygens (including phenoxy) is 1. The number of amides is 3. The molecule has 1 aromatic heterocycles. The second kappa shape index (κ2) is 5.03. The third-order valence-electron chi connectivity index (χ3n) is 2.42. The number of carbonyl (C=O) groups is 2. The Morgan fingerprint density at radius 2 is 2.39 bits per heavy atom. The highest BCUT2D eigenvalue weighted by atomic mass is 16.6. The highest BCUT2D eigenvalue weighted by Gasteiger charge is 2.26. The summed E-state index contributed by atoms with van der Waals surface area (Å²) >= 11 is 0. The van der Waals surface area contributed by atoms with Gasteiger partial charge in [-0.25, -0.2) is 4.79 Å². The van der Waals surface area contributed by atoms with Gasteiger partial charge < -0.3 is 10.1 Å². The number of hydrogen-bond acceptors (Lipinski definition) is 6. The predicted octanol–water partition coefficient (Wildman–Crippen LogP) is 0.124. The van der Waals surface area contributed by atoms with Crippen LogP contribution in [-0.2, 0) is 4.79 Å². The molecule has 1 saturated heterocycles. The molecular weight excluding hydrogens is 240 g/mol. The standard InChI is InChI=1S/C10H14N4O4/c1-6(2)8-12-10(18-13-8)17-5-7(15)14-4-3-11-9(14)16/h6H,3-5H2,1-2H3,(H,11,16). The topological polar surface area (TPSA) is 97.6 Å². The van der Waals surface area contributed by atoms with Crippen molar-refractivity contribution in [2.75, 3.05) is 19.7 Å². The lowest BCUT2D eigenvalue weighted by Crippen LogP contribution is -2.37. The van der Waals surface area contributed by atoms with Gasteiger partial charge >= 0.3 is 12.1 Å². The molecule has 3 amide bonds. The van der Waals surface area contributed by atoms with Crippen molar-refractivity contribution in [3.63, 3.8) is 0 Å². The number of imide groups is 1. The molecule has 8 heteroatoms. The summed E-state index contributed by atoms with van der Waals surface area (Å²) in [6.45, 7) is 4.33. The molecule has 1 aliphatic heterocycles. The van der Waals surface area contributed by atoms with Crippen LogP contribution in [0.4, 0.5) is 4.79 Å². The van der Waals surface area contributed by atoms with E-state index in [1.54, 1.807) is 0 Å². The molecule has 0 aliphatic carbocycles. The Balaban J connectivity index is 1.87. The molecule has 1 N–H and O–H groups in total. The maximum atomic E-state index is 11.6. The van der Waals surface area contributed by atoms with Gasteiger partial charge in [-0.2, -0.15) is 4.98 Å². The van der Waals surface area contributed by atoms with E-state index in [0.717, 1.165) is 4.90 Å². The summed E-state index contributed by atoms with van der Waals surface area (Å²) in [5.74, 6) is 0.192. The number of aromatic nitrogens is 2. The molecule has 1 aliphatic rings. The largest absolute Gasteiger partial charge is 0.439 e. The number of rotatable bonds is 4. The second-order valence-electron chi connectivity index (χ2n) is 4.14. The molecule has 1 aromatic rings. The zero-order valence-electron chi connectivity index (χ0n) is 10.2. The van der Waals surface area contributed by atoms with Gasteiger partial charge in [0.15, 0.2) is 12.4 Å². The monoisotopic (exact) mass is 254 g/mol. The fourth-order valence-corrected chi connectivity index (χ4v) is 1.42. The molecule has 2 rings (SSSR count). The molecule has 0 saturated carbocycles. The van der Waals surface area contributed by atoms with E-state index in [1.807, 2.05) is 13.8 Å². The highest BCUT2D eigenvalue weighted by molar-refractivity contribution is 5.96. The van der Waals surface area contributed by atoms with E-state index in [0.29, 0.717) is 18.9 Å². The maximum Gasteiger partial charge on any atom is 0.417 e. The minimum absolute atomic E-state index is 0.0633. The molecular formula is C10H14N4O4. The maximum absolute atomic E-state index is 11.6. The van der Waals surface area contributed by atoms with Crippen molar-refractivity contribution in [2.45, 2.75) is 19.8 Å². The van der Waals surface area contributed by atoms with E-state index >= 15 is 0 Å². The molecule has 0 unspecified atom stereocenters. The van der Waals surface area contributed by atoms with Crippen LogP contribution in [0.2, 0.25) is 0 Å². The molecule has 0 aromatic carbocycles. The van der Waals surface area contributed by atoms with Gasteiger partial charge in [-0.05, 0) is 0 Å². The lowest BCUT2D eigenvalue weighted by Gasteiger charge is -2.10. The Labute approximate surface area is 103 Å². The summed E-state index contributed by atoms with van der Waals surface area (Å²) in [5, 5.41) is 6.22. The highest BCUT2D eigenvalue weighted by Crippen LogP contribution is 2.14. The van der Waals surface area contributed by atoms with Crippen molar-refractivity contribution in [3.8, 4) is 6.08 Å². The number of nitrogens with one attached hydrogen (secondary N) is 1. The van der Waals surface area contributed by atoms with Crippen LogP contribution in [0, 0.1) is 0 Å². The van der Waals surface area contributed by atoms with Gasteiger partial charge in [0.25, 0.3) is 5.91 Å². The van der Waals surface area contributed by atoms with Crippen LogP contribution in [-0.4, -0.2) is 46.7 Å². The molecule has 98 valence electrons. The van der Waals surface area contributed by atoms with Gasteiger partial charge in [-0.15, -0.1) is 0 Å². The van der Waals surface area contributed by atoms with Crippen LogP contribution in [0.5, 0.6) is 6.08 Å². The van der Waals surface area contributed by atoms with Gasteiger partial charge in [-0.3, -0.25) is 14.2 Å². The quantitative estimate of drug-likeness (QED) is 0.819. The fraction of sp³-hybridized carbons (Fsp3) is 0.600. The molecule has 0 atom stereocenters. The fourth-order valence-electron chi connectivity index (χ4n) is 1.42.